The van der Waals surface area contributed by atoms with Crippen LogP contribution in [0.1, 0.15) is 11.6 Å². The first-order valence-electron chi connectivity index (χ1n) is 3.84. The van der Waals surface area contributed by atoms with E-state index < -0.39 is 12.7 Å². The number of alkyl halides is 1. The Bertz CT molecular complexity index is 293. The van der Waals surface area contributed by atoms with Crippen LogP contribution < -0.4 is 10.5 Å². The van der Waals surface area contributed by atoms with E-state index in [1.807, 2.05) is 0 Å². The third kappa shape index (κ3) is 2.42. The molecule has 0 amide bonds. The fourth-order valence-electron chi connectivity index (χ4n) is 1.00. The van der Waals surface area contributed by atoms with E-state index in [0.717, 1.165) is 15.8 Å². The summed E-state index contributed by atoms with van der Waals surface area (Å²) < 4.78 is 18.0. The highest BCUT2D eigenvalue weighted by Crippen LogP contribution is 2.27. The molecule has 4 heteroatoms. The van der Waals surface area contributed by atoms with Crippen LogP contribution in [0.5, 0.6) is 5.75 Å². The molecule has 1 atom stereocenters. The molecule has 0 fully saturated rings. The summed E-state index contributed by atoms with van der Waals surface area (Å²) in [7, 11) is 1.58. The molecule has 1 rings (SSSR count). The van der Waals surface area contributed by atoms with Crippen molar-refractivity contribution in [2.75, 3.05) is 13.8 Å². The minimum Gasteiger partial charge on any atom is -0.496 e. The van der Waals surface area contributed by atoms with Gasteiger partial charge in [-0.05, 0) is 33.6 Å². The van der Waals surface area contributed by atoms with Crippen molar-refractivity contribution in [2.45, 2.75) is 6.04 Å². The van der Waals surface area contributed by atoms with Gasteiger partial charge in [-0.1, -0.05) is 6.07 Å². The van der Waals surface area contributed by atoms with Gasteiger partial charge in [-0.25, -0.2) is 4.39 Å². The molecule has 2 nitrogen and oxygen atoms in total. The first-order valence-corrected chi connectivity index (χ1v) is 4.63. The highest BCUT2D eigenvalue weighted by Gasteiger charge is 2.07. The van der Waals surface area contributed by atoms with Crippen molar-refractivity contribution in [1.82, 2.24) is 0 Å². The van der Waals surface area contributed by atoms with E-state index in [-0.39, 0.29) is 0 Å². The zero-order valence-corrected chi connectivity index (χ0v) is 8.84. The molecule has 0 aliphatic carbocycles. The van der Waals surface area contributed by atoms with Crippen LogP contribution in [0.25, 0.3) is 0 Å². The maximum absolute atomic E-state index is 12.2. The maximum atomic E-state index is 12.2. The molecule has 0 radical (unpaired) electrons. The molecule has 0 aliphatic heterocycles. The summed E-state index contributed by atoms with van der Waals surface area (Å²) in [5, 5.41) is 0. The standard InChI is InChI=1S/C9H11BrFNO/c1-13-9-3-2-6(4-7(9)10)8(12)5-11/h2-4,8H,5,12H2,1H3. The summed E-state index contributed by atoms with van der Waals surface area (Å²) in [5.41, 5.74) is 6.28. The molecule has 2 N–H and O–H groups in total. The Morgan fingerprint density at radius 2 is 2.31 bits per heavy atom. The SMILES string of the molecule is COc1ccc(C(N)CF)cc1Br. The van der Waals surface area contributed by atoms with E-state index in [9.17, 15) is 4.39 Å². The summed E-state index contributed by atoms with van der Waals surface area (Å²) in [5.74, 6) is 0.717. The summed E-state index contributed by atoms with van der Waals surface area (Å²) in [6, 6.07) is 4.73. The van der Waals surface area contributed by atoms with Crippen LogP contribution in [0.3, 0.4) is 0 Å². The Labute approximate surface area is 85.0 Å². The number of methoxy groups -OCH3 is 1. The molecule has 72 valence electrons. The fourth-order valence-corrected chi connectivity index (χ4v) is 1.56. The van der Waals surface area contributed by atoms with Gasteiger partial charge in [0.2, 0.25) is 0 Å². The third-order valence-corrected chi connectivity index (χ3v) is 2.39. The molecule has 0 saturated carbocycles. The van der Waals surface area contributed by atoms with Crippen molar-refractivity contribution in [1.29, 1.82) is 0 Å². The average Bonchev–Trinajstić information content (AvgIpc) is 2.16. The lowest BCUT2D eigenvalue weighted by atomic mass is 10.1. The zero-order valence-electron chi connectivity index (χ0n) is 7.26. The Morgan fingerprint density at radius 1 is 1.62 bits per heavy atom. The molecule has 0 saturated heterocycles. The number of rotatable bonds is 3. The van der Waals surface area contributed by atoms with Crippen LogP contribution in [-0.2, 0) is 0 Å². The Morgan fingerprint density at radius 3 is 2.77 bits per heavy atom. The van der Waals surface area contributed by atoms with E-state index >= 15 is 0 Å². The van der Waals surface area contributed by atoms with Crippen molar-refractivity contribution in [3.05, 3.63) is 28.2 Å². The number of hydrogen-bond acceptors (Lipinski definition) is 2. The first kappa shape index (κ1) is 10.5. The van der Waals surface area contributed by atoms with Gasteiger partial charge in [-0.2, -0.15) is 0 Å². The minimum absolute atomic E-state index is 0.554. The molecule has 0 aliphatic rings. The van der Waals surface area contributed by atoms with Crippen LogP contribution in [0.4, 0.5) is 4.39 Å². The van der Waals surface area contributed by atoms with E-state index in [1.165, 1.54) is 0 Å². The molecule has 0 spiro atoms. The maximum Gasteiger partial charge on any atom is 0.133 e. The van der Waals surface area contributed by atoms with Crippen molar-refractivity contribution < 1.29 is 9.13 Å². The topological polar surface area (TPSA) is 35.2 Å². The van der Waals surface area contributed by atoms with Crippen LogP contribution >= 0.6 is 15.9 Å². The number of hydrogen-bond donors (Lipinski definition) is 1. The molecule has 1 unspecified atom stereocenters. The van der Waals surface area contributed by atoms with E-state index in [0.29, 0.717) is 0 Å². The second-order valence-corrected chi connectivity index (χ2v) is 3.51. The fraction of sp³-hybridized carbons (Fsp3) is 0.333. The molecule has 13 heavy (non-hydrogen) atoms. The highest BCUT2D eigenvalue weighted by atomic mass is 79.9. The second-order valence-electron chi connectivity index (χ2n) is 2.65. The van der Waals surface area contributed by atoms with Gasteiger partial charge in [0.25, 0.3) is 0 Å². The van der Waals surface area contributed by atoms with Crippen LogP contribution in [0, 0.1) is 0 Å². The summed E-state index contributed by atoms with van der Waals surface area (Å²) >= 11 is 3.30. The normalized spacial score (nSPS) is 12.6. The third-order valence-electron chi connectivity index (χ3n) is 1.77. The summed E-state index contributed by atoms with van der Waals surface area (Å²) in [6.07, 6.45) is 0. The largest absolute Gasteiger partial charge is 0.496 e. The van der Waals surface area contributed by atoms with Gasteiger partial charge in [0, 0.05) is 0 Å². The lowest BCUT2D eigenvalue weighted by Crippen LogP contribution is -2.11. The molecular weight excluding hydrogens is 237 g/mol. The van der Waals surface area contributed by atoms with Crippen molar-refractivity contribution in [3.63, 3.8) is 0 Å². The van der Waals surface area contributed by atoms with Crippen molar-refractivity contribution in [3.8, 4) is 5.75 Å². The van der Waals surface area contributed by atoms with Crippen LogP contribution in [-0.4, -0.2) is 13.8 Å². The molecule has 0 heterocycles. The summed E-state index contributed by atoms with van der Waals surface area (Å²) in [4.78, 5) is 0. The number of nitrogens with two attached hydrogens (primary N) is 1. The predicted octanol–water partition coefficient (Wildman–Crippen LogP) is 2.43. The Kier molecular flexibility index (Phi) is 3.69. The quantitative estimate of drug-likeness (QED) is 0.891. The monoisotopic (exact) mass is 247 g/mol. The van der Waals surface area contributed by atoms with Crippen molar-refractivity contribution >= 4 is 15.9 Å². The van der Waals surface area contributed by atoms with Gasteiger partial charge in [0.1, 0.15) is 12.4 Å². The van der Waals surface area contributed by atoms with E-state index in [4.69, 9.17) is 10.5 Å². The van der Waals surface area contributed by atoms with Gasteiger partial charge in [-0.15, -0.1) is 0 Å². The van der Waals surface area contributed by atoms with Gasteiger partial charge < -0.3 is 10.5 Å². The molecule has 0 aromatic heterocycles. The molecule has 0 bridgehead atoms. The average molecular weight is 248 g/mol. The number of halogens is 2. The van der Waals surface area contributed by atoms with Gasteiger partial charge in [0.15, 0.2) is 0 Å². The van der Waals surface area contributed by atoms with E-state index in [1.54, 1.807) is 25.3 Å². The second kappa shape index (κ2) is 4.58. The van der Waals surface area contributed by atoms with Gasteiger partial charge in [-0.3, -0.25) is 0 Å². The van der Waals surface area contributed by atoms with Gasteiger partial charge >= 0.3 is 0 Å². The first-order chi connectivity index (χ1) is 6.19. The lowest BCUT2D eigenvalue weighted by Gasteiger charge is -2.09. The summed E-state index contributed by atoms with van der Waals surface area (Å²) in [6.45, 7) is -0.557. The van der Waals surface area contributed by atoms with Gasteiger partial charge in [0.05, 0.1) is 17.6 Å². The number of ether oxygens (including phenoxy) is 1. The molecule has 1 aromatic rings. The number of benzene rings is 1. The van der Waals surface area contributed by atoms with E-state index in [2.05, 4.69) is 15.9 Å². The van der Waals surface area contributed by atoms with Crippen LogP contribution in [0.15, 0.2) is 22.7 Å². The Balaban J connectivity index is 2.95. The zero-order chi connectivity index (χ0) is 9.84. The Hall–Kier alpha value is -0.610. The highest BCUT2D eigenvalue weighted by molar-refractivity contribution is 9.10. The van der Waals surface area contributed by atoms with Crippen molar-refractivity contribution in [2.24, 2.45) is 5.73 Å². The molecule has 1 aromatic carbocycles. The lowest BCUT2D eigenvalue weighted by molar-refractivity contribution is 0.410. The smallest absolute Gasteiger partial charge is 0.133 e. The molecular formula is C9H11BrFNO. The van der Waals surface area contributed by atoms with Crippen LogP contribution in [0.2, 0.25) is 0 Å². The predicted molar refractivity (Wildman–Crippen MR) is 53.6 cm³/mol. The minimum atomic E-state index is -0.557.